The SMILES string of the molecule is CC(NCc1cnc(N(C)C)nc1)C(=O)O. The second-order valence-corrected chi connectivity index (χ2v) is 3.73. The van der Waals surface area contributed by atoms with Gasteiger partial charge < -0.3 is 15.3 Å². The molecular weight excluding hydrogens is 208 g/mol. The number of carbonyl (C=O) groups is 1. The number of hydrogen-bond donors (Lipinski definition) is 2. The highest BCUT2D eigenvalue weighted by Crippen LogP contribution is 2.02. The van der Waals surface area contributed by atoms with Crippen molar-refractivity contribution in [2.45, 2.75) is 19.5 Å². The second kappa shape index (κ2) is 5.41. The molecule has 6 nitrogen and oxygen atoms in total. The zero-order chi connectivity index (χ0) is 12.1. The highest BCUT2D eigenvalue weighted by Gasteiger charge is 2.09. The Morgan fingerprint density at radius 1 is 1.50 bits per heavy atom. The molecule has 0 spiro atoms. The van der Waals surface area contributed by atoms with Gasteiger partial charge >= 0.3 is 5.97 Å². The number of nitrogens with one attached hydrogen (secondary N) is 1. The first-order valence-electron chi connectivity index (χ1n) is 4.95. The third kappa shape index (κ3) is 3.47. The van der Waals surface area contributed by atoms with E-state index >= 15 is 0 Å². The van der Waals surface area contributed by atoms with Crippen molar-refractivity contribution in [2.24, 2.45) is 0 Å². The summed E-state index contributed by atoms with van der Waals surface area (Å²) >= 11 is 0. The Hall–Kier alpha value is -1.69. The zero-order valence-electron chi connectivity index (χ0n) is 9.64. The molecule has 1 atom stereocenters. The minimum absolute atomic E-state index is 0.446. The summed E-state index contributed by atoms with van der Waals surface area (Å²) in [5.74, 6) is -0.235. The summed E-state index contributed by atoms with van der Waals surface area (Å²) in [6, 6.07) is -0.575. The summed E-state index contributed by atoms with van der Waals surface area (Å²) in [5, 5.41) is 11.5. The summed E-state index contributed by atoms with van der Waals surface area (Å²) in [6.07, 6.45) is 3.37. The van der Waals surface area contributed by atoms with Gasteiger partial charge in [0.15, 0.2) is 0 Å². The molecular formula is C10H16N4O2. The van der Waals surface area contributed by atoms with E-state index in [1.165, 1.54) is 0 Å². The van der Waals surface area contributed by atoms with Crippen LogP contribution in [-0.4, -0.2) is 41.2 Å². The van der Waals surface area contributed by atoms with Crippen LogP contribution < -0.4 is 10.2 Å². The number of anilines is 1. The molecule has 0 aliphatic rings. The molecule has 1 rings (SSSR count). The molecule has 1 aromatic heterocycles. The van der Waals surface area contributed by atoms with E-state index in [-0.39, 0.29) is 0 Å². The van der Waals surface area contributed by atoms with E-state index in [1.54, 1.807) is 24.2 Å². The van der Waals surface area contributed by atoms with E-state index in [9.17, 15) is 4.79 Å². The average molecular weight is 224 g/mol. The third-order valence-electron chi connectivity index (χ3n) is 2.07. The number of aliphatic carboxylic acids is 1. The number of aromatic nitrogens is 2. The van der Waals surface area contributed by atoms with Crippen LogP contribution >= 0.6 is 0 Å². The third-order valence-corrected chi connectivity index (χ3v) is 2.07. The lowest BCUT2D eigenvalue weighted by Gasteiger charge is -2.11. The largest absolute Gasteiger partial charge is 0.480 e. The van der Waals surface area contributed by atoms with Crippen molar-refractivity contribution in [1.29, 1.82) is 0 Å². The fourth-order valence-corrected chi connectivity index (χ4v) is 1.03. The Kier molecular flexibility index (Phi) is 4.19. The summed E-state index contributed by atoms with van der Waals surface area (Å²) in [4.78, 5) is 20.6. The van der Waals surface area contributed by atoms with Crippen LogP contribution in [-0.2, 0) is 11.3 Å². The number of nitrogens with zero attached hydrogens (tertiary/aromatic N) is 3. The number of rotatable bonds is 5. The van der Waals surface area contributed by atoms with Crippen molar-refractivity contribution >= 4 is 11.9 Å². The van der Waals surface area contributed by atoms with Crippen molar-refractivity contribution in [1.82, 2.24) is 15.3 Å². The van der Waals surface area contributed by atoms with Gasteiger partial charge in [-0.05, 0) is 6.92 Å². The molecule has 2 N–H and O–H groups in total. The summed E-state index contributed by atoms with van der Waals surface area (Å²) in [6.45, 7) is 2.04. The first kappa shape index (κ1) is 12.4. The molecule has 1 aromatic rings. The van der Waals surface area contributed by atoms with E-state index in [2.05, 4.69) is 15.3 Å². The van der Waals surface area contributed by atoms with Crippen molar-refractivity contribution in [2.75, 3.05) is 19.0 Å². The molecule has 88 valence electrons. The summed E-state index contributed by atoms with van der Waals surface area (Å²) in [5.41, 5.74) is 0.860. The lowest BCUT2D eigenvalue weighted by Crippen LogP contribution is -2.33. The molecule has 0 bridgehead atoms. The minimum atomic E-state index is -0.870. The van der Waals surface area contributed by atoms with E-state index in [4.69, 9.17) is 5.11 Å². The number of carboxylic acids is 1. The van der Waals surface area contributed by atoms with Crippen molar-refractivity contribution in [3.05, 3.63) is 18.0 Å². The monoisotopic (exact) mass is 224 g/mol. The topological polar surface area (TPSA) is 78.4 Å². The minimum Gasteiger partial charge on any atom is -0.480 e. The second-order valence-electron chi connectivity index (χ2n) is 3.73. The molecule has 0 saturated carbocycles. The highest BCUT2D eigenvalue weighted by molar-refractivity contribution is 5.72. The predicted octanol–water partition coefficient (Wildman–Crippen LogP) is 0.105. The fourth-order valence-electron chi connectivity index (χ4n) is 1.03. The van der Waals surface area contributed by atoms with Crippen LogP contribution in [0.4, 0.5) is 5.95 Å². The van der Waals surface area contributed by atoms with E-state index in [1.807, 2.05) is 14.1 Å². The van der Waals surface area contributed by atoms with Gasteiger partial charge in [-0.2, -0.15) is 0 Å². The van der Waals surface area contributed by atoms with Crippen LogP contribution in [0.25, 0.3) is 0 Å². The smallest absolute Gasteiger partial charge is 0.320 e. The first-order chi connectivity index (χ1) is 7.50. The van der Waals surface area contributed by atoms with Crippen molar-refractivity contribution in [3.63, 3.8) is 0 Å². The van der Waals surface area contributed by atoms with Crippen molar-refractivity contribution < 1.29 is 9.90 Å². The molecule has 1 heterocycles. The molecule has 0 saturated heterocycles. The lowest BCUT2D eigenvalue weighted by molar-refractivity contribution is -0.139. The predicted molar refractivity (Wildman–Crippen MR) is 60.3 cm³/mol. The average Bonchev–Trinajstić information content (AvgIpc) is 2.26. The zero-order valence-corrected chi connectivity index (χ0v) is 9.64. The molecule has 6 heteroatoms. The van der Waals surface area contributed by atoms with Crippen LogP contribution in [0.15, 0.2) is 12.4 Å². The summed E-state index contributed by atoms with van der Waals surface area (Å²) in [7, 11) is 3.72. The Balaban J connectivity index is 2.52. The van der Waals surface area contributed by atoms with Crippen LogP contribution in [0.1, 0.15) is 12.5 Å². The highest BCUT2D eigenvalue weighted by atomic mass is 16.4. The number of carboxylic acid groups (broad SMARTS) is 1. The van der Waals surface area contributed by atoms with Crippen LogP contribution in [0.3, 0.4) is 0 Å². The number of hydrogen-bond acceptors (Lipinski definition) is 5. The molecule has 0 aliphatic carbocycles. The van der Waals surface area contributed by atoms with Gasteiger partial charge in [-0.1, -0.05) is 0 Å². The van der Waals surface area contributed by atoms with Crippen LogP contribution in [0.5, 0.6) is 0 Å². The Labute approximate surface area is 94.3 Å². The normalized spacial score (nSPS) is 12.2. The molecule has 0 aliphatic heterocycles. The van der Waals surface area contributed by atoms with E-state index in [0.717, 1.165) is 5.56 Å². The van der Waals surface area contributed by atoms with Gasteiger partial charge in [-0.25, -0.2) is 9.97 Å². The van der Waals surface area contributed by atoms with Crippen LogP contribution in [0, 0.1) is 0 Å². The maximum Gasteiger partial charge on any atom is 0.320 e. The van der Waals surface area contributed by atoms with Gasteiger partial charge in [-0.15, -0.1) is 0 Å². The standard InChI is InChI=1S/C10H16N4O2/c1-7(9(15)16)11-4-8-5-12-10(13-6-8)14(2)3/h5-7,11H,4H2,1-3H3,(H,15,16). The van der Waals surface area contributed by atoms with Gasteiger partial charge in [0.05, 0.1) is 0 Å². The lowest BCUT2D eigenvalue weighted by atomic mass is 10.3. The van der Waals surface area contributed by atoms with Crippen molar-refractivity contribution in [3.8, 4) is 0 Å². The molecule has 0 fully saturated rings. The molecule has 16 heavy (non-hydrogen) atoms. The molecule has 0 aromatic carbocycles. The fraction of sp³-hybridized carbons (Fsp3) is 0.500. The van der Waals surface area contributed by atoms with E-state index < -0.39 is 12.0 Å². The Morgan fingerprint density at radius 2 is 2.06 bits per heavy atom. The van der Waals surface area contributed by atoms with Gasteiger partial charge in [0.2, 0.25) is 5.95 Å². The maximum absolute atomic E-state index is 10.6. The van der Waals surface area contributed by atoms with Crippen LogP contribution in [0.2, 0.25) is 0 Å². The van der Waals surface area contributed by atoms with Gasteiger partial charge in [0.25, 0.3) is 0 Å². The molecule has 1 unspecified atom stereocenters. The van der Waals surface area contributed by atoms with Gasteiger partial charge in [-0.3, -0.25) is 4.79 Å². The first-order valence-corrected chi connectivity index (χ1v) is 4.95. The maximum atomic E-state index is 10.6. The Morgan fingerprint density at radius 3 is 2.50 bits per heavy atom. The Bertz CT molecular complexity index is 350. The van der Waals surface area contributed by atoms with E-state index in [0.29, 0.717) is 12.5 Å². The molecule has 0 radical (unpaired) electrons. The van der Waals surface area contributed by atoms with Gasteiger partial charge in [0, 0.05) is 38.6 Å². The molecule has 0 amide bonds. The quantitative estimate of drug-likeness (QED) is 0.739. The summed E-state index contributed by atoms with van der Waals surface area (Å²) < 4.78 is 0. The van der Waals surface area contributed by atoms with Gasteiger partial charge in [0.1, 0.15) is 6.04 Å².